The van der Waals surface area contributed by atoms with Gasteiger partial charge in [-0.2, -0.15) is 0 Å². The van der Waals surface area contributed by atoms with Gasteiger partial charge in [0.1, 0.15) is 5.60 Å². The van der Waals surface area contributed by atoms with Crippen molar-refractivity contribution in [2.45, 2.75) is 52.3 Å². The average molecular weight is 375 g/mol. The van der Waals surface area contributed by atoms with Crippen LogP contribution in [-0.2, 0) is 16.1 Å². The topological polar surface area (TPSA) is 87.7 Å². The quantitative estimate of drug-likeness (QED) is 0.845. The Morgan fingerprint density at radius 2 is 1.81 bits per heavy atom. The molecule has 0 bridgehead atoms. The fraction of sp³-hybridized carbons (Fsp3) is 0.550. The molecule has 1 aliphatic heterocycles. The molecule has 2 rings (SSSR count). The van der Waals surface area contributed by atoms with E-state index < -0.39 is 5.60 Å². The van der Waals surface area contributed by atoms with Crippen LogP contribution in [0.5, 0.6) is 0 Å². The lowest BCUT2D eigenvalue weighted by molar-refractivity contribution is -0.125. The first-order valence-electron chi connectivity index (χ1n) is 9.20. The molecular formula is C20H29N3O4. The van der Waals surface area contributed by atoms with Crippen LogP contribution in [0.15, 0.2) is 24.3 Å². The maximum Gasteiger partial charge on any atom is 0.410 e. The molecule has 0 unspecified atom stereocenters. The molecule has 27 heavy (non-hydrogen) atoms. The van der Waals surface area contributed by atoms with E-state index in [9.17, 15) is 14.4 Å². The van der Waals surface area contributed by atoms with Gasteiger partial charge in [0.15, 0.2) is 0 Å². The number of hydrogen-bond acceptors (Lipinski definition) is 4. The van der Waals surface area contributed by atoms with Gasteiger partial charge in [-0.05, 0) is 51.8 Å². The average Bonchev–Trinajstić information content (AvgIpc) is 2.99. The van der Waals surface area contributed by atoms with Gasteiger partial charge < -0.3 is 20.3 Å². The second-order valence-electron chi connectivity index (χ2n) is 7.80. The number of carbonyl (C=O) groups excluding carboxylic acids is 3. The third kappa shape index (κ3) is 5.45. The fourth-order valence-electron chi connectivity index (χ4n) is 3.11. The summed E-state index contributed by atoms with van der Waals surface area (Å²) in [6.07, 6.45) is 0.233. The van der Waals surface area contributed by atoms with Crippen LogP contribution >= 0.6 is 0 Å². The lowest BCUT2D eigenvalue weighted by Crippen LogP contribution is -2.43. The highest BCUT2D eigenvalue weighted by molar-refractivity contribution is 5.93. The highest BCUT2D eigenvalue weighted by Crippen LogP contribution is 2.26. The molecule has 0 radical (unpaired) electrons. The number of nitrogens with one attached hydrogen (secondary N) is 2. The zero-order valence-corrected chi connectivity index (χ0v) is 16.7. The smallest absolute Gasteiger partial charge is 0.410 e. The second kappa shape index (κ2) is 8.41. The van der Waals surface area contributed by atoms with E-state index in [0.29, 0.717) is 25.1 Å². The molecule has 0 spiro atoms. The van der Waals surface area contributed by atoms with Crippen LogP contribution in [0.2, 0.25) is 0 Å². The van der Waals surface area contributed by atoms with Crippen molar-refractivity contribution in [2.24, 2.45) is 5.92 Å². The monoisotopic (exact) mass is 375 g/mol. The van der Waals surface area contributed by atoms with E-state index in [1.807, 2.05) is 39.8 Å². The van der Waals surface area contributed by atoms with Gasteiger partial charge in [-0.1, -0.05) is 12.1 Å². The Kier molecular flexibility index (Phi) is 6.46. The number of carbonyl (C=O) groups is 3. The number of likely N-dealkylation sites (tertiary alicyclic amines) is 1. The number of ether oxygens (including phenoxy) is 1. The summed E-state index contributed by atoms with van der Waals surface area (Å²) in [7, 11) is 1.58. The molecule has 7 nitrogen and oxygen atoms in total. The molecule has 148 valence electrons. The van der Waals surface area contributed by atoms with E-state index in [0.717, 1.165) is 5.56 Å². The number of rotatable bonds is 4. The maximum absolute atomic E-state index is 12.5. The van der Waals surface area contributed by atoms with E-state index in [-0.39, 0.29) is 29.9 Å². The molecule has 0 aliphatic carbocycles. The normalized spacial score (nSPS) is 19.5. The molecule has 1 saturated heterocycles. The van der Waals surface area contributed by atoms with E-state index in [4.69, 9.17) is 4.74 Å². The van der Waals surface area contributed by atoms with Crippen molar-refractivity contribution in [3.05, 3.63) is 35.4 Å². The van der Waals surface area contributed by atoms with E-state index in [1.165, 1.54) is 0 Å². The Balaban J connectivity index is 1.89. The Bertz CT molecular complexity index is 694. The van der Waals surface area contributed by atoms with Crippen LogP contribution < -0.4 is 10.6 Å². The second-order valence-corrected chi connectivity index (χ2v) is 7.80. The molecule has 0 aromatic heterocycles. The summed E-state index contributed by atoms with van der Waals surface area (Å²) in [5.41, 5.74) is 0.925. The van der Waals surface area contributed by atoms with E-state index >= 15 is 0 Å². The summed E-state index contributed by atoms with van der Waals surface area (Å²) in [5.74, 6) is -0.487. The molecule has 2 N–H and O–H groups in total. The summed E-state index contributed by atoms with van der Waals surface area (Å²) >= 11 is 0. The van der Waals surface area contributed by atoms with Crippen LogP contribution in [0.1, 0.15) is 50.0 Å². The van der Waals surface area contributed by atoms with Gasteiger partial charge in [-0.25, -0.2) is 4.79 Å². The predicted molar refractivity (Wildman–Crippen MR) is 102 cm³/mol. The maximum atomic E-state index is 12.5. The van der Waals surface area contributed by atoms with Crippen molar-refractivity contribution >= 4 is 17.9 Å². The minimum absolute atomic E-state index is 0.0797. The Morgan fingerprint density at radius 3 is 2.37 bits per heavy atom. The lowest BCUT2D eigenvalue weighted by Gasteiger charge is -2.28. The molecule has 1 fully saturated rings. The lowest BCUT2D eigenvalue weighted by atomic mass is 10.0. The first kappa shape index (κ1) is 20.7. The largest absolute Gasteiger partial charge is 0.444 e. The molecule has 7 heteroatoms. The zero-order chi connectivity index (χ0) is 20.2. The van der Waals surface area contributed by atoms with Gasteiger partial charge in [-0.15, -0.1) is 0 Å². The summed E-state index contributed by atoms with van der Waals surface area (Å²) in [6, 6.07) is 6.87. The van der Waals surface area contributed by atoms with Crippen LogP contribution in [0.25, 0.3) is 0 Å². The zero-order valence-electron chi connectivity index (χ0n) is 16.7. The fourth-order valence-corrected chi connectivity index (χ4v) is 3.11. The molecular weight excluding hydrogens is 346 g/mol. The first-order valence-corrected chi connectivity index (χ1v) is 9.20. The van der Waals surface area contributed by atoms with Gasteiger partial charge in [0.05, 0.1) is 5.92 Å². The molecule has 3 amide bonds. The van der Waals surface area contributed by atoms with E-state index in [2.05, 4.69) is 10.6 Å². The highest BCUT2D eigenvalue weighted by atomic mass is 16.6. The van der Waals surface area contributed by atoms with Crippen molar-refractivity contribution in [1.29, 1.82) is 0 Å². The standard InChI is InChI=1S/C20H29N3O4/c1-13-16(10-11-23(13)19(26)27-20(2,3)4)18(25)22-12-14-6-8-15(9-7-14)17(24)21-5/h6-9,13,16H,10-12H2,1-5H3,(H,21,24)(H,22,25)/t13-,16+/m1/s1. The van der Waals surface area contributed by atoms with Gasteiger partial charge in [-0.3, -0.25) is 9.59 Å². The summed E-state index contributed by atoms with van der Waals surface area (Å²) < 4.78 is 5.41. The molecule has 1 aromatic carbocycles. The van der Waals surface area contributed by atoms with Crippen molar-refractivity contribution in [2.75, 3.05) is 13.6 Å². The Labute approximate surface area is 160 Å². The molecule has 1 heterocycles. The third-order valence-corrected chi connectivity index (χ3v) is 4.63. The Hall–Kier alpha value is -2.57. The van der Waals surface area contributed by atoms with Crippen LogP contribution in [0.4, 0.5) is 4.79 Å². The van der Waals surface area contributed by atoms with E-state index in [1.54, 1.807) is 24.1 Å². The van der Waals surface area contributed by atoms with Crippen molar-refractivity contribution in [3.63, 3.8) is 0 Å². The Morgan fingerprint density at radius 1 is 1.19 bits per heavy atom. The summed E-state index contributed by atoms with van der Waals surface area (Å²) in [4.78, 5) is 38.0. The van der Waals surface area contributed by atoms with Gasteiger partial charge in [0.2, 0.25) is 5.91 Å². The number of benzene rings is 1. The van der Waals surface area contributed by atoms with Gasteiger partial charge in [0.25, 0.3) is 5.91 Å². The van der Waals surface area contributed by atoms with Crippen LogP contribution in [-0.4, -0.2) is 48.0 Å². The molecule has 1 aromatic rings. The minimum atomic E-state index is -0.558. The summed E-state index contributed by atoms with van der Waals surface area (Å²) in [5, 5.41) is 5.49. The third-order valence-electron chi connectivity index (χ3n) is 4.63. The number of nitrogens with zero attached hydrogens (tertiary/aromatic N) is 1. The number of hydrogen-bond donors (Lipinski definition) is 2. The highest BCUT2D eigenvalue weighted by Gasteiger charge is 2.39. The first-order chi connectivity index (χ1) is 12.6. The summed E-state index contributed by atoms with van der Waals surface area (Å²) in [6.45, 7) is 8.23. The minimum Gasteiger partial charge on any atom is -0.444 e. The van der Waals surface area contributed by atoms with Crippen LogP contribution in [0, 0.1) is 5.92 Å². The SMILES string of the molecule is CNC(=O)c1ccc(CNC(=O)[C@H]2CCN(C(=O)OC(C)(C)C)[C@@H]2C)cc1. The predicted octanol–water partition coefficient (Wildman–Crippen LogP) is 2.31. The van der Waals surface area contributed by atoms with Crippen molar-refractivity contribution < 1.29 is 19.1 Å². The number of amides is 3. The van der Waals surface area contributed by atoms with Gasteiger partial charge >= 0.3 is 6.09 Å². The molecule has 1 aliphatic rings. The molecule has 2 atom stereocenters. The van der Waals surface area contributed by atoms with Gasteiger partial charge in [0, 0.05) is 31.7 Å². The van der Waals surface area contributed by atoms with Crippen molar-refractivity contribution in [1.82, 2.24) is 15.5 Å². The molecule has 0 saturated carbocycles. The van der Waals surface area contributed by atoms with Crippen LogP contribution in [0.3, 0.4) is 0 Å². The van der Waals surface area contributed by atoms with Crippen molar-refractivity contribution in [3.8, 4) is 0 Å².